The van der Waals surface area contributed by atoms with Crippen molar-refractivity contribution >= 4 is 11.9 Å². The Morgan fingerprint density at radius 2 is 1.94 bits per heavy atom. The molecule has 0 saturated carbocycles. The summed E-state index contributed by atoms with van der Waals surface area (Å²) in [7, 11) is 0. The molecular weight excluding hydrogens is 230 g/mol. The van der Waals surface area contributed by atoms with E-state index in [1.54, 1.807) is 4.90 Å². The molecule has 1 rings (SSSR count). The Morgan fingerprint density at radius 3 is 2.39 bits per heavy atom. The summed E-state index contributed by atoms with van der Waals surface area (Å²) in [6.07, 6.45) is 1.82. The first-order valence-electron chi connectivity index (χ1n) is 6.60. The van der Waals surface area contributed by atoms with Crippen LogP contribution >= 0.6 is 0 Å². The number of Topliss-reactive ketones (excluding diaryl/α,β-unsaturated/α-hetero) is 1. The molecule has 0 aromatic rings. The number of hydrogen-bond donors (Lipinski definition) is 0. The van der Waals surface area contributed by atoms with Gasteiger partial charge in [0.2, 0.25) is 0 Å². The van der Waals surface area contributed by atoms with Crippen LogP contribution in [-0.2, 0) is 9.53 Å². The van der Waals surface area contributed by atoms with E-state index in [9.17, 15) is 9.59 Å². The summed E-state index contributed by atoms with van der Waals surface area (Å²) in [5.41, 5.74) is -0.511. The zero-order valence-electron chi connectivity index (χ0n) is 11.9. The van der Waals surface area contributed by atoms with Gasteiger partial charge in [0.1, 0.15) is 17.8 Å². The summed E-state index contributed by atoms with van der Waals surface area (Å²) in [5.74, 6) is 0.218. The van der Waals surface area contributed by atoms with Gasteiger partial charge in [-0.2, -0.15) is 0 Å². The van der Waals surface area contributed by atoms with Gasteiger partial charge in [-0.3, -0.25) is 9.69 Å². The minimum atomic E-state index is -0.511. The normalized spacial score (nSPS) is 25.1. The lowest BCUT2D eigenvalue weighted by Gasteiger charge is -2.40. The molecule has 0 bridgehead atoms. The standard InChI is InChI=1S/C14H24NO3/c1-6-10-8-12(16)9-11(7-2)15(10)13(17)18-14(3,4)5/h10-11H,1,6-9H2,2-5H3/q+1/t10-,11+/m1/s1. The number of rotatable bonds is 2. The number of likely N-dealkylation sites (tertiary alicyclic amines) is 1. The SMILES string of the molecule is [CH2+]C[C@@H]1CC(=O)C[C@H](CC)N1C(=O)OC(C)(C)C. The highest BCUT2D eigenvalue weighted by molar-refractivity contribution is 5.83. The molecule has 0 radical (unpaired) electrons. The van der Waals surface area contributed by atoms with Crippen molar-refractivity contribution in [3.8, 4) is 0 Å². The maximum atomic E-state index is 12.2. The Balaban J connectivity index is 2.86. The van der Waals surface area contributed by atoms with Gasteiger partial charge in [0.05, 0.1) is 13.0 Å². The summed E-state index contributed by atoms with van der Waals surface area (Å²) in [6.45, 7) is 11.4. The van der Waals surface area contributed by atoms with Crippen molar-refractivity contribution < 1.29 is 14.3 Å². The molecule has 1 saturated heterocycles. The number of ketones is 1. The molecule has 0 unspecified atom stereocenters. The highest BCUT2D eigenvalue weighted by Gasteiger charge is 2.39. The summed E-state index contributed by atoms with van der Waals surface area (Å²) in [5, 5.41) is 0. The Labute approximate surface area is 110 Å². The number of hydrogen-bond acceptors (Lipinski definition) is 3. The average Bonchev–Trinajstić information content (AvgIpc) is 2.24. The molecule has 1 aliphatic rings. The monoisotopic (exact) mass is 254 g/mol. The number of piperidine rings is 1. The second-order valence-electron chi connectivity index (χ2n) is 5.84. The van der Waals surface area contributed by atoms with E-state index in [0.29, 0.717) is 19.3 Å². The lowest BCUT2D eigenvalue weighted by Crippen LogP contribution is -2.53. The zero-order chi connectivity index (χ0) is 13.9. The van der Waals surface area contributed by atoms with Gasteiger partial charge < -0.3 is 4.74 Å². The van der Waals surface area contributed by atoms with E-state index in [1.807, 2.05) is 27.7 Å². The van der Waals surface area contributed by atoms with E-state index in [2.05, 4.69) is 6.92 Å². The first kappa shape index (κ1) is 14.9. The molecule has 4 heteroatoms. The van der Waals surface area contributed by atoms with Gasteiger partial charge >= 0.3 is 6.09 Å². The van der Waals surface area contributed by atoms with Crippen LogP contribution in [0.1, 0.15) is 53.4 Å². The number of ether oxygens (including phenoxy) is 1. The van der Waals surface area contributed by atoms with Crippen molar-refractivity contribution in [1.29, 1.82) is 0 Å². The van der Waals surface area contributed by atoms with E-state index in [0.717, 1.165) is 6.42 Å². The largest absolute Gasteiger partial charge is 0.444 e. The fourth-order valence-electron chi connectivity index (χ4n) is 2.30. The first-order valence-corrected chi connectivity index (χ1v) is 6.60. The molecule has 1 amide bonds. The second kappa shape index (κ2) is 5.63. The second-order valence-corrected chi connectivity index (χ2v) is 5.84. The number of nitrogens with zero attached hydrogens (tertiary/aromatic N) is 1. The molecular formula is C14H24NO3+. The third-order valence-electron chi connectivity index (χ3n) is 3.12. The molecule has 18 heavy (non-hydrogen) atoms. The highest BCUT2D eigenvalue weighted by atomic mass is 16.6. The van der Waals surface area contributed by atoms with Crippen LogP contribution < -0.4 is 0 Å². The summed E-state index contributed by atoms with van der Waals surface area (Å²) >= 11 is 0. The Morgan fingerprint density at radius 1 is 1.39 bits per heavy atom. The third kappa shape index (κ3) is 3.65. The summed E-state index contributed by atoms with van der Waals surface area (Å²) in [6, 6.07) is -0.168. The molecule has 1 fully saturated rings. The highest BCUT2D eigenvalue weighted by Crippen LogP contribution is 2.26. The van der Waals surface area contributed by atoms with E-state index in [4.69, 9.17) is 4.74 Å². The molecule has 0 N–H and O–H groups in total. The van der Waals surface area contributed by atoms with Gasteiger partial charge in [-0.1, -0.05) is 6.92 Å². The maximum Gasteiger partial charge on any atom is 0.410 e. The zero-order valence-corrected chi connectivity index (χ0v) is 11.9. The first-order chi connectivity index (χ1) is 8.28. The molecule has 1 heterocycles. The van der Waals surface area contributed by atoms with Crippen LogP contribution in [0.15, 0.2) is 0 Å². The van der Waals surface area contributed by atoms with E-state index in [-0.39, 0.29) is 24.0 Å². The van der Waals surface area contributed by atoms with Gasteiger partial charge in [-0.15, -0.1) is 0 Å². The van der Waals surface area contributed by atoms with Crippen LogP contribution in [0.4, 0.5) is 4.79 Å². The average molecular weight is 254 g/mol. The van der Waals surface area contributed by atoms with Crippen molar-refractivity contribution in [3.63, 3.8) is 0 Å². The molecule has 0 spiro atoms. The van der Waals surface area contributed by atoms with Crippen LogP contribution in [0.5, 0.6) is 0 Å². The lowest BCUT2D eigenvalue weighted by atomic mass is 9.92. The van der Waals surface area contributed by atoms with Crippen LogP contribution in [0, 0.1) is 6.92 Å². The topological polar surface area (TPSA) is 46.6 Å². The van der Waals surface area contributed by atoms with Crippen LogP contribution in [0.2, 0.25) is 0 Å². The predicted molar refractivity (Wildman–Crippen MR) is 70.2 cm³/mol. The van der Waals surface area contributed by atoms with Gasteiger partial charge in [-0.05, 0) is 27.2 Å². The van der Waals surface area contributed by atoms with E-state index < -0.39 is 5.60 Å². The molecule has 0 aromatic carbocycles. The van der Waals surface area contributed by atoms with Crippen molar-refractivity contribution in [2.24, 2.45) is 0 Å². The molecule has 4 nitrogen and oxygen atoms in total. The van der Waals surface area contributed by atoms with Crippen molar-refractivity contribution in [1.82, 2.24) is 4.90 Å². The van der Waals surface area contributed by atoms with Gasteiger partial charge in [0.25, 0.3) is 0 Å². The Bertz CT molecular complexity index is 303. The van der Waals surface area contributed by atoms with Crippen LogP contribution in [0.25, 0.3) is 0 Å². The fraction of sp³-hybridized carbons (Fsp3) is 0.786. The third-order valence-corrected chi connectivity index (χ3v) is 3.12. The van der Waals surface area contributed by atoms with Gasteiger partial charge in [0, 0.05) is 18.9 Å². The van der Waals surface area contributed by atoms with Crippen molar-refractivity contribution in [2.75, 3.05) is 0 Å². The van der Waals surface area contributed by atoms with Gasteiger partial charge in [-0.25, -0.2) is 4.79 Å². The lowest BCUT2D eigenvalue weighted by molar-refractivity contribution is -0.125. The minimum absolute atomic E-state index is 0.0483. The smallest absolute Gasteiger partial charge is 0.410 e. The molecule has 2 atom stereocenters. The summed E-state index contributed by atoms with van der Waals surface area (Å²) in [4.78, 5) is 25.6. The van der Waals surface area contributed by atoms with Crippen molar-refractivity contribution in [2.45, 2.75) is 71.1 Å². The fourth-order valence-corrected chi connectivity index (χ4v) is 2.30. The van der Waals surface area contributed by atoms with Crippen molar-refractivity contribution in [3.05, 3.63) is 6.92 Å². The Hall–Kier alpha value is -1.19. The maximum absolute atomic E-state index is 12.2. The Kier molecular flexibility index (Phi) is 4.65. The molecule has 102 valence electrons. The number of amides is 1. The molecule has 1 aliphatic heterocycles. The van der Waals surface area contributed by atoms with Crippen LogP contribution in [-0.4, -0.2) is 34.5 Å². The predicted octanol–water partition coefficient (Wildman–Crippen LogP) is 2.96. The quantitative estimate of drug-likeness (QED) is 0.712. The minimum Gasteiger partial charge on any atom is -0.444 e. The van der Waals surface area contributed by atoms with E-state index in [1.165, 1.54) is 0 Å². The summed E-state index contributed by atoms with van der Waals surface area (Å²) < 4.78 is 5.42. The molecule has 0 aromatic heterocycles. The number of carbonyl (C=O) groups excluding carboxylic acids is 2. The van der Waals surface area contributed by atoms with Gasteiger partial charge in [0.15, 0.2) is 0 Å². The van der Waals surface area contributed by atoms with E-state index >= 15 is 0 Å². The van der Waals surface area contributed by atoms with Crippen LogP contribution in [0.3, 0.4) is 0 Å². The number of carbonyl (C=O) groups is 2. The molecule has 0 aliphatic carbocycles.